The summed E-state index contributed by atoms with van der Waals surface area (Å²) >= 11 is 0. The summed E-state index contributed by atoms with van der Waals surface area (Å²) in [7, 11) is 0. The molecular weight excluding hydrogens is 136 g/mol. The van der Waals surface area contributed by atoms with Gasteiger partial charge in [-0.2, -0.15) is 10.2 Å². The standard InChI is InChI=1S/C9H20N2/c1-7-9(5,6)11-10-8(2,3)4/h7H2,1-6H3/b11-10+. The highest BCUT2D eigenvalue weighted by Gasteiger charge is 2.15. The van der Waals surface area contributed by atoms with Gasteiger partial charge in [-0.3, -0.25) is 0 Å². The number of rotatable bonds is 2. The minimum absolute atomic E-state index is 0.00722. The summed E-state index contributed by atoms with van der Waals surface area (Å²) in [6, 6.07) is 0. The summed E-state index contributed by atoms with van der Waals surface area (Å²) in [6.45, 7) is 12.5. The van der Waals surface area contributed by atoms with Gasteiger partial charge in [0, 0.05) is 0 Å². The summed E-state index contributed by atoms with van der Waals surface area (Å²) in [6.07, 6.45) is 1.03. The molecule has 0 aromatic heterocycles. The van der Waals surface area contributed by atoms with E-state index in [2.05, 4.69) is 51.8 Å². The van der Waals surface area contributed by atoms with E-state index in [0.717, 1.165) is 6.42 Å². The fraction of sp³-hybridized carbons (Fsp3) is 1.00. The Morgan fingerprint density at radius 3 is 1.64 bits per heavy atom. The maximum atomic E-state index is 4.27. The summed E-state index contributed by atoms with van der Waals surface area (Å²) in [5.74, 6) is 0. The topological polar surface area (TPSA) is 24.7 Å². The van der Waals surface area contributed by atoms with Gasteiger partial charge in [-0.15, -0.1) is 0 Å². The molecule has 2 nitrogen and oxygen atoms in total. The first-order valence-electron chi connectivity index (χ1n) is 4.21. The molecular formula is C9H20N2. The van der Waals surface area contributed by atoms with E-state index in [9.17, 15) is 0 Å². The molecule has 0 radical (unpaired) electrons. The summed E-state index contributed by atoms with van der Waals surface area (Å²) in [5, 5.41) is 8.49. The zero-order valence-electron chi connectivity index (χ0n) is 8.60. The Bertz CT molecular complexity index is 140. The molecule has 0 fully saturated rings. The van der Waals surface area contributed by atoms with Crippen LogP contribution in [0.4, 0.5) is 0 Å². The lowest BCUT2D eigenvalue weighted by molar-refractivity contribution is 0.428. The molecule has 0 aliphatic carbocycles. The predicted molar refractivity (Wildman–Crippen MR) is 49.0 cm³/mol. The van der Waals surface area contributed by atoms with Crippen LogP contribution in [0.5, 0.6) is 0 Å². The maximum Gasteiger partial charge on any atom is 0.0757 e. The molecule has 0 aromatic carbocycles. The van der Waals surface area contributed by atoms with Crippen molar-refractivity contribution in [2.45, 2.75) is 59.0 Å². The van der Waals surface area contributed by atoms with Crippen LogP contribution in [-0.4, -0.2) is 11.1 Å². The van der Waals surface area contributed by atoms with Gasteiger partial charge in [0.2, 0.25) is 0 Å². The SMILES string of the molecule is CCC(C)(C)/N=N/C(C)(C)C. The van der Waals surface area contributed by atoms with Gasteiger partial charge in [-0.05, 0) is 41.0 Å². The van der Waals surface area contributed by atoms with Gasteiger partial charge >= 0.3 is 0 Å². The molecule has 0 N–H and O–H groups in total. The fourth-order valence-corrected chi connectivity index (χ4v) is 0.356. The average molecular weight is 156 g/mol. The van der Waals surface area contributed by atoms with E-state index in [1.807, 2.05) is 0 Å². The van der Waals surface area contributed by atoms with E-state index in [0.29, 0.717) is 0 Å². The second-order valence-electron chi connectivity index (χ2n) is 4.54. The molecule has 0 rings (SSSR count). The van der Waals surface area contributed by atoms with Crippen molar-refractivity contribution in [3.05, 3.63) is 0 Å². The minimum atomic E-state index is -0.0353. The Morgan fingerprint density at radius 1 is 0.909 bits per heavy atom. The smallest absolute Gasteiger partial charge is 0.0757 e. The van der Waals surface area contributed by atoms with Gasteiger partial charge in [-0.1, -0.05) is 6.92 Å². The van der Waals surface area contributed by atoms with Gasteiger partial charge < -0.3 is 0 Å². The molecule has 66 valence electrons. The normalized spacial score (nSPS) is 14.4. The van der Waals surface area contributed by atoms with Crippen LogP contribution in [-0.2, 0) is 0 Å². The number of hydrogen-bond donors (Lipinski definition) is 0. The third kappa shape index (κ3) is 6.02. The first-order valence-corrected chi connectivity index (χ1v) is 4.21. The van der Waals surface area contributed by atoms with Gasteiger partial charge in [0.05, 0.1) is 11.1 Å². The lowest BCUT2D eigenvalue weighted by atomic mass is 10.0. The molecule has 0 saturated carbocycles. The quantitative estimate of drug-likeness (QED) is 0.547. The molecule has 0 aliphatic rings. The largest absolute Gasteiger partial charge is 0.188 e. The third-order valence-corrected chi connectivity index (χ3v) is 1.49. The highest BCUT2D eigenvalue weighted by Crippen LogP contribution is 2.17. The highest BCUT2D eigenvalue weighted by molar-refractivity contribution is 4.76. The van der Waals surface area contributed by atoms with Gasteiger partial charge in [0.25, 0.3) is 0 Å². The maximum absolute atomic E-state index is 4.27. The third-order valence-electron chi connectivity index (χ3n) is 1.49. The molecule has 2 heteroatoms. The number of azo groups is 1. The highest BCUT2D eigenvalue weighted by atomic mass is 15.2. The van der Waals surface area contributed by atoms with Crippen molar-refractivity contribution < 1.29 is 0 Å². The fourth-order valence-electron chi connectivity index (χ4n) is 0.356. The first kappa shape index (κ1) is 10.6. The molecule has 0 saturated heterocycles. The van der Waals surface area contributed by atoms with Crippen LogP contribution in [0.2, 0.25) is 0 Å². The Labute approximate surface area is 70.1 Å². The molecule has 0 amide bonds. The van der Waals surface area contributed by atoms with E-state index >= 15 is 0 Å². The van der Waals surface area contributed by atoms with Crippen molar-refractivity contribution >= 4 is 0 Å². The van der Waals surface area contributed by atoms with Crippen LogP contribution in [0.15, 0.2) is 10.2 Å². The van der Waals surface area contributed by atoms with Crippen molar-refractivity contribution in [3.63, 3.8) is 0 Å². The van der Waals surface area contributed by atoms with Crippen molar-refractivity contribution in [2.75, 3.05) is 0 Å². The molecule has 0 aromatic rings. The second kappa shape index (κ2) is 3.33. The molecule has 0 spiro atoms. The van der Waals surface area contributed by atoms with E-state index in [-0.39, 0.29) is 11.1 Å². The minimum Gasteiger partial charge on any atom is -0.188 e. The molecule has 0 aliphatic heterocycles. The van der Waals surface area contributed by atoms with Crippen LogP contribution >= 0.6 is 0 Å². The van der Waals surface area contributed by atoms with E-state index in [4.69, 9.17) is 0 Å². The number of nitrogens with zero attached hydrogens (tertiary/aromatic N) is 2. The molecule has 0 heterocycles. The predicted octanol–water partition coefficient (Wildman–Crippen LogP) is 3.43. The zero-order chi connectivity index (χ0) is 9.12. The summed E-state index contributed by atoms with van der Waals surface area (Å²) in [4.78, 5) is 0. The van der Waals surface area contributed by atoms with E-state index in [1.165, 1.54) is 0 Å². The lowest BCUT2D eigenvalue weighted by Crippen LogP contribution is -2.17. The Hall–Kier alpha value is -0.400. The zero-order valence-corrected chi connectivity index (χ0v) is 8.60. The summed E-state index contributed by atoms with van der Waals surface area (Å²) < 4.78 is 0. The second-order valence-corrected chi connectivity index (χ2v) is 4.54. The van der Waals surface area contributed by atoms with E-state index in [1.54, 1.807) is 0 Å². The molecule has 0 atom stereocenters. The van der Waals surface area contributed by atoms with Crippen molar-refractivity contribution in [1.82, 2.24) is 0 Å². The Kier molecular flexibility index (Phi) is 3.21. The van der Waals surface area contributed by atoms with Crippen molar-refractivity contribution in [1.29, 1.82) is 0 Å². The van der Waals surface area contributed by atoms with Crippen LogP contribution in [0.3, 0.4) is 0 Å². The summed E-state index contributed by atoms with van der Waals surface area (Å²) in [5.41, 5.74) is -0.0281. The van der Waals surface area contributed by atoms with Crippen molar-refractivity contribution in [3.8, 4) is 0 Å². The van der Waals surface area contributed by atoms with Gasteiger partial charge in [0.1, 0.15) is 0 Å². The monoisotopic (exact) mass is 156 g/mol. The van der Waals surface area contributed by atoms with Crippen molar-refractivity contribution in [2.24, 2.45) is 10.2 Å². The molecule has 11 heavy (non-hydrogen) atoms. The Morgan fingerprint density at radius 2 is 1.36 bits per heavy atom. The van der Waals surface area contributed by atoms with Gasteiger partial charge in [0.15, 0.2) is 0 Å². The van der Waals surface area contributed by atoms with Crippen LogP contribution in [0.25, 0.3) is 0 Å². The van der Waals surface area contributed by atoms with Crippen LogP contribution in [0.1, 0.15) is 48.0 Å². The first-order chi connectivity index (χ1) is 4.77. The van der Waals surface area contributed by atoms with Crippen LogP contribution in [0, 0.1) is 0 Å². The van der Waals surface area contributed by atoms with Gasteiger partial charge in [-0.25, -0.2) is 0 Å². The molecule has 0 bridgehead atoms. The van der Waals surface area contributed by atoms with E-state index < -0.39 is 0 Å². The Balaban J connectivity index is 4.13. The average Bonchev–Trinajstić information content (AvgIpc) is 1.83. The molecule has 0 unspecified atom stereocenters. The lowest BCUT2D eigenvalue weighted by Gasteiger charge is -2.18. The number of hydrogen-bond acceptors (Lipinski definition) is 2. The van der Waals surface area contributed by atoms with Crippen LogP contribution < -0.4 is 0 Å².